The third-order valence-corrected chi connectivity index (χ3v) is 11.9. The molecule has 1 aromatic carbocycles. The number of anilines is 1. The van der Waals surface area contributed by atoms with Gasteiger partial charge in [0.05, 0.1) is 51.4 Å². The highest BCUT2D eigenvalue weighted by molar-refractivity contribution is 6.04. The number of Topliss-reactive ketones (excluding diaryl/α,β-unsaturated/α-hetero) is 1. The Hall–Kier alpha value is -9.34. The Bertz CT molecular complexity index is 2630. The number of rotatable bonds is 18. The van der Waals surface area contributed by atoms with E-state index in [2.05, 4.69) is 37.2 Å². The van der Waals surface area contributed by atoms with E-state index in [1.165, 1.54) is 24.3 Å². The van der Waals surface area contributed by atoms with Gasteiger partial charge in [-0.3, -0.25) is 71.9 Å². The summed E-state index contributed by atoms with van der Waals surface area (Å²) in [4.78, 5) is 210. The van der Waals surface area contributed by atoms with Crippen LogP contribution < -0.4 is 64.6 Å². The Morgan fingerprint density at radius 2 is 1.15 bits per heavy atom. The molecule has 11 atom stereocenters. The second kappa shape index (κ2) is 33.3. The Morgan fingerprint density at radius 1 is 0.634 bits per heavy atom. The highest BCUT2D eigenvalue weighted by atomic mass is 16.5. The molecule has 2 rings (SSSR count). The number of aliphatic hydroxyl groups excluding tert-OH is 1. The quantitative estimate of drug-likeness (QED) is 0.0370. The summed E-state index contributed by atoms with van der Waals surface area (Å²) in [6, 6.07) is -12.0. The smallest absolute Gasteiger partial charge is 0.329 e. The van der Waals surface area contributed by atoms with Crippen molar-refractivity contribution in [1.82, 2.24) is 53.2 Å². The van der Waals surface area contributed by atoms with Crippen LogP contribution in [0.5, 0.6) is 0 Å². The monoisotopic (exact) mass is 1170 g/mol. The number of benzene rings is 1. The number of hydrogen-bond donors (Lipinski definition) is 17. The molecule has 1 aliphatic heterocycles. The summed E-state index contributed by atoms with van der Waals surface area (Å²) in [5, 5.41) is 69.4. The summed E-state index contributed by atoms with van der Waals surface area (Å²) in [6.45, 7) is 1.43. The molecule has 0 bridgehead atoms. The van der Waals surface area contributed by atoms with Crippen molar-refractivity contribution in [3.63, 3.8) is 0 Å². The molecule has 19 N–H and O–H groups in total. The fourth-order valence-electron chi connectivity index (χ4n) is 7.53. The van der Waals surface area contributed by atoms with Crippen LogP contribution in [0, 0.1) is 5.92 Å². The lowest BCUT2D eigenvalue weighted by molar-refractivity contribution is -0.156. The Kier molecular flexibility index (Phi) is 27.9. The third kappa shape index (κ3) is 23.2. The van der Waals surface area contributed by atoms with Gasteiger partial charge in [-0.05, 0) is 38.3 Å². The van der Waals surface area contributed by atoms with Gasteiger partial charge in [-0.1, -0.05) is 38.8 Å². The highest BCUT2D eigenvalue weighted by Crippen LogP contribution is 2.17. The normalized spacial score (nSPS) is 24.4. The summed E-state index contributed by atoms with van der Waals surface area (Å²) in [7, 11) is 0. The summed E-state index contributed by atoms with van der Waals surface area (Å²) < 4.78 is 5.51. The molecule has 1 aliphatic rings. The maximum Gasteiger partial charge on any atom is 0.329 e. The summed E-state index contributed by atoms with van der Waals surface area (Å²) >= 11 is 0. The number of nitrogens with one attached hydrogen (secondary N) is 10. The molecular weight excluding hydrogens is 1100 g/mol. The van der Waals surface area contributed by atoms with Crippen molar-refractivity contribution in [2.75, 3.05) is 25.4 Å². The van der Waals surface area contributed by atoms with Crippen molar-refractivity contribution in [1.29, 1.82) is 0 Å². The van der Waals surface area contributed by atoms with Gasteiger partial charge in [-0.25, -0.2) is 4.79 Å². The SMILES string of the molecule is CCCCC1NC(=O)CNC(=O)C(NC(=O)C(N)CC(=O)O)C(C)OC(=O)C(CC(=O)c2ccccc2N)NC(=O)C(C(C)CC(=O)O)NC(=O)C(CO)NC(=O)CNC(=O)C(CC(=O)O)NC(=O)C(C)NC(=O)C(CC(=O)O)NC1=O.[HH].[HH].[HH].[HH].[HH]. The summed E-state index contributed by atoms with van der Waals surface area (Å²) in [5.74, 6) is -23.3. The van der Waals surface area contributed by atoms with E-state index in [4.69, 9.17) is 16.2 Å². The van der Waals surface area contributed by atoms with E-state index in [0.717, 1.165) is 20.8 Å². The number of esters is 1. The molecule has 0 radical (unpaired) electrons. The van der Waals surface area contributed by atoms with E-state index < -0.39 is 213 Å². The number of carbonyl (C=O) groups excluding carboxylic acids is 12. The predicted molar refractivity (Wildman–Crippen MR) is 286 cm³/mol. The number of amides is 10. The average molecular weight is 1180 g/mol. The van der Waals surface area contributed by atoms with E-state index in [1.54, 1.807) is 6.92 Å². The molecule has 1 heterocycles. The Labute approximate surface area is 473 Å². The van der Waals surface area contributed by atoms with Crippen molar-refractivity contribution in [2.45, 2.75) is 140 Å². The van der Waals surface area contributed by atoms with Gasteiger partial charge in [0.25, 0.3) is 0 Å². The molecule has 1 aromatic rings. The lowest BCUT2D eigenvalue weighted by Gasteiger charge is -2.29. The van der Waals surface area contributed by atoms with Gasteiger partial charge in [0.15, 0.2) is 5.78 Å². The van der Waals surface area contributed by atoms with Gasteiger partial charge >= 0.3 is 29.8 Å². The molecule has 1 saturated heterocycles. The van der Waals surface area contributed by atoms with E-state index >= 15 is 0 Å². The van der Waals surface area contributed by atoms with Crippen LogP contribution in [0.2, 0.25) is 0 Å². The maximum absolute atomic E-state index is 14.2. The topological polar surface area (TPSA) is 556 Å². The molecule has 34 nitrogen and oxygen atoms in total. The standard InChI is InChI=1S/C48H68N12O22.5H2/c1-5-6-11-26-43(76)57-28(16-37(71)72)44(77)53-21(3)40(73)56-27(15-36(69)70)42(75)51-17-33(64)55-30(19-61)45(78)59-38(20(2)12-34(65)66)47(80)58-29(14-31(62)23-9-7-8-10-24(23)49)48(81)82-22(4)39(46(79)52-18-32(63)54-26)60-41(74)25(50)13-35(67)68;;;;;/h7-10,20-22,25-30,38-39,61H,5-6,11-19,49-50H2,1-4H3,(H,51,75)(H,52,79)(H,53,77)(H,54,63)(H,55,64)(H,56,73)(H,57,76)(H,58,80)(H,59,78)(H,60,74)(H,65,66)(H,67,68)(H,69,70)(H,71,72);5*1H. The number of ether oxygens (including phenoxy) is 1. The first kappa shape index (κ1) is 68.8. The zero-order valence-electron chi connectivity index (χ0n) is 44.8. The molecule has 0 aliphatic carbocycles. The van der Waals surface area contributed by atoms with Gasteiger partial charge in [0.1, 0.15) is 54.4 Å². The number of para-hydroxylation sites is 1. The number of hydrogen-bond acceptors (Lipinski definition) is 20. The largest absolute Gasteiger partial charge is 0.481 e. The van der Waals surface area contributed by atoms with Crippen LogP contribution in [0.4, 0.5) is 5.69 Å². The zero-order chi connectivity index (χ0) is 62.1. The highest BCUT2D eigenvalue weighted by Gasteiger charge is 2.39. The number of unbranched alkanes of at least 4 members (excludes halogenated alkanes) is 1. The van der Waals surface area contributed by atoms with Crippen LogP contribution >= 0.6 is 0 Å². The van der Waals surface area contributed by atoms with Gasteiger partial charge in [-0.2, -0.15) is 0 Å². The van der Waals surface area contributed by atoms with Crippen molar-refractivity contribution in [2.24, 2.45) is 11.7 Å². The van der Waals surface area contributed by atoms with Crippen LogP contribution in [0.15, 0.2) is 24.3 Å². The van der Waals surface area contributed by atoms with Crippen molar-refractivity contribution >= 4 is 100 Å². The average Bonchev–Trinajstić information content (AvgIpc) is 3.60. The van der Waals surface area contributed by atoms with Crippen molar-refractivity contribution in [3.8, 4) is 0 Å². The Balaban J connectivity index is -0.00000689. The van der Waals surface area contributed by atoms with Crippen molar-refractivity contribution in [3.05, 3.63) is 29.8 Å². The van der Waals surface area contributed by atoms with E-state index in [0.29, 0.717) is 6.42 Å². The Morgan fingerprint density at radius 3 is 1.70 bits per heavy atom. The van der Waals surface area contributed by atoms with E-state index in [-0.39, 0.29) is 31.2 Å². The first-order valence-corrected chi connectivity index (χ1v) is 25.2. The van der Waals surface area contributed by atoms with Gasteiger partial charge in [0.2, 0.25) is 59.1 Å². The first-order valence-electron chi connectivity index (χ1n) is 25.2. The number of nitrogen functional groups attached to an aromatic ring is 1. The number of aliphatic carboxylic acids is 4. The number of carbonyl (C=O) groups is 16. The molecule has 11 unspecified atom stereocenters. The van der Waals surface area contributed by atoms with E-state index in [9.17, 15) is 102 Å². The molecule has 10 amide bonds. The van der Waals surface area contributed by atoms with Crippen LogP contribution in [0.3, 0.4) is 0 Å². The molecule has 0 spiro atoms. The molecule has 34 heteroatoms. The minimum Gasteiger partial charge on any atom is -0.481 e. The fourth-order valence-corrected chi connectivity index (χ4v) is 7.53. The molecule has 462 valence electrons. The molecule has 1 fully saturated rings. The number of nitrogens with two attached hydrogens (primary N) is 2. The summed E-state index contributed by atoms with van der Waals surface area (Å²) in [5.41, 5.74) is 11.4. The van der Waals surface area contributed by atoms with Gasteiger partial charge in [-0.15, -0.1) is 0 Å². The van der Waals surface area contributed by atoms with Crippen molar-refractivity contribution < 1.29 is 114 Å². The molecule has 82 heavy (non-hydrogen) atoms. The van der Waals surface area contributed by atoms with Crippen LogP contribution in [0.1, 0.15) is 96.6 Å². The maximum atomic E-state index is 14.2. The van der Waals surface area contributed by atoms with Gasteiger partial charge < -0.3 is 94.9 Å². The lowest BCUT2D eigenvalue weighted by atomic mass is 9.96. The second-order valence-corrected chi connectivity index (χ2v) is 18.7. The third-order valence-electron chi connectivity index (χ3n) is 11.9. The second-order valence-electron chi connectivity index (χ2n) is 18.7. The van der Waals surface area contributed by atoms with Gasteiger partial charge in [0, 0.05) is 24.8 Å². The zero-order valence-corrected chi connectivity index (χ0v) is 44.8. The molecule has 0 aromatic heterocycles. The lowest BCUT2D eigenvalue weighted by Crippen LogP contribution is -2.60. The number of ketones is 1. The number of carboxylic acids is 4. The van der Waals surface area contributed by atoms with Crippen LogP contribution in [0.25, 0.3) is 0 Å². The van der Waals surface area contributed by atoms with Crippen LogP contribution in [-0.4, -0.2) is 200 Å². The number of carboxylic acid groups (broad SMARTS) is 4. The minimum absolute atomic E-state index is 0. The minimum atomic E-state index is -2.16. The fraction of sp³-hybridized carbons (Fsp3) is 0.542. The first-order chi connectivity index (χ1) is 38.4. The van der Waals surface area contributed by atoms with Crippen LogP contribution in [-0.2, 0) is 76.7 Å². The molecule has 0 saturated carbocycles. The number of aliphatic hydroxyl groups is 1. The summed E-state index contributed by atoms with van der Waals surface area (Å²) in [6.07, 6.45) is -6.66. The number of cyclic esters (lactones) is 1. The van der Waals surface area contributed by atoms with E-state index in [1.807, 2.05) is 16.0 Å². The molecular formula is C48H78N12O22. The predicted octanol–water partition coefficient (Wildman–Crippen LogP) is -5.81.